The Morgan fingerprint density at radius 3 is 2.90 bits per heavy atom. The summed E-state index contributed by atoms with van der Waals surface area (Å²) in [5.74, 6) is 0.266. The first-order valence-corrected chi connectivity index (χ1v) is 7.03. The zero-order valence-electron chi connectivity index (χ0n) is 10.2. The molecule has 0 aliphatic heterocycles. The van der Waals surface area contributed by atoms with Gasteiger partial charge in [0, 0.05) is 21.6 Å². The molecule has 0 bridgehead atoms. The van der Waals surface area contributed by atoms with Crippen LogP contribution >= 0.6 is 27.5 Å². The van der Waals surface area contributed by atoms with Crippen molar-refractivity contribution in [3.63, 3.8) is 0 Å². The van der Waals surface area contributed by atoms with Crippen molar-refractivity contribution in [2.75, 3.05) is 5.32 Å². The fourth-order valence-electron chi connectivity index (χ4n) is 1.88. The molecule has 0 fully saturated rings. The number of aromatic nitrogens is 1. The number of benzene rings is 2. The van der Waals surface area contributed by atoms with Crippen LogP contribution in [-0.2, 0) is 6.54 Å². The van der Waals surface area contributed by atoms with Gasteiger partial charge in [-0.3, -0.25) is 0 Å². The van der Waals surface area contributed by atoms with E-state index in [1.54, 1.807) is 30.3 Å². The van der Waals surface area contributed by atoms with Crippen LogP contribution in [0, 0.1) is 5.82 Å². The van der Waals surface area contributed by atoms with Crippen LogP contribution in [0.4, 0.5) is 10.2 Å². The van der Waals surface area contributed by atoms with E-state index < -0.39 is 0 Å². The minimum atomic E-state index is -0.280. The third-order valence-electron chi connectivity index (χ3n) is 2.89. The van der Waals surface area contributed by atoms with E-state index in [1.165, 1.54) is 6.07 Å². The largest absolute Gasteiger partial charge is 0.363 e. The van der Waals surface area contributed by atoms with Gasteiger partial charge in [0.1, 0.15) is 5.82 Å². The Morgan fingerprint density at radius 2 is 2.10 bits per heavy atom. The van der Waals surface area contributed by atoms with Crippen LogP contribution in [0.25, 0.3) is 11.0 Å². The highest BCUT2D eigenvalue weighted by molar-refractivity contribution is 9.10. The lowest BCUT2D eigenvalue weighted by Gasteiger charge is -2.05. The van der Waals surface area contributed by atoms with E-state index in [2.05, 4.69) is 26.4 Å². The van der Waals surface area contributed by atoms with Gasteiger partial charge >= 0.3 is 0 Å². The van der Waals surface area contributed by atoms with E-state index in [9.17, 15) is 4.39 Å². The molecular formula is C14H9BrClFN2O. The molecule has 0 saturated heterocycles. The highest BCUT2D eigenvalue weighted by Crippen LogP contribution is 2.26. The summed E-state index contributed by atoms with van der Waals surface area (Å²) in [6.07, 6.45) is 0. The standard InChI is InChI=1S/C14H9BrClFN2O/c15-9-2-1-8(12(17)5-9)7-18-14-11-6-10(16)3-4-13(11)20-19-14/h1-6H,7H2,(H,18,19). The fourth-order valence-corrected chi connectivity index (χ4v) is 2.39. The normalized spacial score (nSPS) is 10.9. The molecule has 1 heterocycles. The van der Waals surface area contributed by atoms with Gasteiger partial charge in [0.25, 0.3) is 0 Å². The van der Waals surface area contributed by atoms with E-state index >= 15 is 0 Å². The quantitative estimate of drug-likeness (QED) is 0.719. The lowest BCUT2D eigenvalue weighted by atomic mass is 10.2. The summed E-state index contributed by atoms with van der Waals surface area (Å²) in [5.41, 5.74) is 1.18. The van der Waals surface area contributed by atoms with Gasteiger partial charge in [0.05, 0.1) is 5.39 Å². The Labute approximate surface area is 127 Å². The molecule has 0 spiro atoms. The molecule has 3 nitrogen and oxygen atoms in total. The van der Waals surface area contributed by atoms with Gasteiger partial charge in [-0.15, -0.1) is 0 Å². The predicted octanol–water partition coefficient (Wildman–Crippen LogP) is 4.99. The van der Waals surface area contributed by atoms with Crippen molar-refractivity contribution >= 4 is 44.3 Å². The second-order valence-corrected chi connectivity index (χ2v) is 5.61. The first kappa shape index (κ1) is 13.4. The number of hydrogen-bond acceptors (Lipinski definition) is 3. The molecule has 0 aliphatic carbocycles. The molecule has 3 aromatic rings. The maximum atomic E-state index is 13.7. The van der Waals surface area contributed by atoms with Crippen LogP contribution in [0.1, 0.15) is 5.56 Å². The molecule has 1 N–H and O–H groups in total. The molecule has 0 unspecified atom stereocenters. The maximum absolute atomic E-state index is 13.7. The number of anilines is 1. The molecule has 3 rings (SSSR count). The highest BCUT2D eigenvalue weighted by atomic mass is 79.9. The van der Waals surface area contributed by atoms with Gasteiger partial charge in [0.15, 0.2) is 11.4 Å². The van der Waals surface area contributed by atoms with Crippen molar-refractivity contribution in [3.8, 4) is 0 Å². The van der Waals surface area contributed by atoms with Crippen LogP contribution < -0.4 is 5.32 Å². The summed E-state index contributed by atoms with van der Waals surface area (Å²) in [7, 11) is 0. The molecule has 0 amide bonds. The number of halogens is 3. The van der Waals surface area contributed by atoms with Gasteiger partial charge in [-0.2, -0.15) is 0 Å². The Balaban J connectivity index is 1.85. The Bertz CT molecular complexity index is 775. The van der Waals surface area contributed by atoms with E-state index in [0.29, 0.717) is 33.0 Å². The minimum Gasteiger partial charge on any atom is -0.363 e. The van der Waals surface area contributed by atoms with Crippen molar-refractivity contribution < 1.29 is 8.91 Å². The SMILES string of the molecule is Fc1cc(Br)ccc1CNc1noc2ccc(Cl)cc12. The summed E-state index contributed by atoms with van der Waals surface area (Å²) < 4.78 is 19.6. The second kappa shape index (κ2) is 5.42. The highest BCUT2D eigenvalue weighted by Gasteiger charge is 2.09. The summed E-state index contributed by atoms with van der Waals surface area (Å²) in [4.78, 5) is 0. The fraction of sp³-hybridized carbons (Fsp3) is 0.0714. The first-order chi connectivity index (χ1) is 9.63. The summed E-state index contributed by atoms with van der Waals surface area (Å²) in [5, 5.41) is 8.34. The lowest BCUT2D eigenvalue weighted by molar-refractivity contribution is 0.459. The molecular weight excluding hydrogens is 347 g/mol. The predicted molar refractivity (Wildman–Crippen MR) is 80.4 cm³/mol. The van der Waals surface area contributed by atoms with Crippen LogP contribution in [0.15, 0.2) is 45.4 Å². The van der Waals surface area contributed by atoms with Crippen LogP contribution in [0.5, 0.6) is 0 Å². The Hall–Kier alpha value is -1.59. The van der Waals surface area contributed by atoms with Gasteiger partial charge in [-0.05, 0) is 30.3 Å². The van der Waals surface area contributed by atoms with E-state index in [0.717, 1.165) is 5.39 Å². The number of nitrogens with zero attached hydrogens (tertiary/aromatic N) is 1. The minimum absolute atomic E-state index is 0.280. The first-order valence-electron chi connectivity index (χ1n) is 5.86. The van der Waals surface area contributed by atoms with Crippen molar-refractivity contribution in [1.29, 1.82) is 0 Å². The van der Waals surface area contributed by atoms with Crippen molar-refractivity contribution in [2.45, 2.75) is 6.54 Å². The maximum Gasteiger partial charge on any atom is 0.177 e. The van der Waals surface area contributed by atoms with E-state index in [-0.39, 0.29) is 5.82 Å². The lowest BCUT2D eigenvalue weighted by Crippen LogP contribution is -2.02. The molecule has 0 radical (unpaired) electrons. The summed E-state index contributed by atoms with van der Waals surface area (Å²) in [6.45, 7) is 0.313. The Kier molecular flexibility index (Phi) is 3.63. The average molecular weight is 356 g/mol. The van der Waals surface area contributed by atoms with Gasteiger partial charge in [-0.1, -0.05) is 38.8 Å². The second-order valence-electron chi connectivity index (χ2n) is 4.26. The molecule has 1 aromatic heterocycles. The number of hydrogen-bond donors (Lipinski definition) is 1. The molecule has 0 aliphatic rings. The summed E-state index contributed by atoms with van der Waals surface area (Å²) in [6, 6.07) is 10.2. The monoisotopic (exact) mass is 354 g/mol. The third-order valence-corrected chi connectivity index (χ3v) is 3.62. The smallest absolute Gasteiger partial charge is 0.177 e. The van der Waals surface area contributed by atoms with Crippen LogP contribution in [0.3, 0.4) is 0 Å². The van der Waals surface area contributed by atoms with Crippen molar-refractivity contribution in [1.82, 2.24) is 5.16 Å². The van der Waals surface area contributed by atoms with Crippen molar-refractivity contribution in [2.24, 2.45) is 0 Å². The zero-order valence-corrected chi connectivity index (χ0v) is 12.5. The van der Waals surface area contributed by atoms with Crippen molar-refractivity contribution in [3.05, 3.63) is 57.3 Å². The van der Waals surface area contributed by atoms with E-state index in [1.807, 2.05) is 0 Å². The van der Waals surface area contributed by atoms with Gasteiger partial charge < -0.3 is 9.84 Å². The van der Waals surface area contributed by atoms with Gasteiger partial charge in [0.2, 0.25) is 0 Å². The molecule has 6 heteroatoms. The number of nitrogens with one attached hydrogen (secondary N) is 1. The molecule has 0 saturated carbocycles. The van der Waals surface area contributed by atoms with Gasteiger partial charge in [-0.25, -0.2) is 4.39 Å². The number of rotatable bonds is 3. The molecule has 2 aromatic carbocycles. The topological polar surface area (TPSA) is 38.1 Å². The zero-order chi connectivity index (χ0) is 14.1. The Morgan fingerprint density at radius 1 is 1.25 bits per heavy atom. The number of fused-ring (bicyclic) bond motifs is 1. The molecule has 102 valence electrons. The third kappa shape index (κ3) is 2.64. The molecule has 20 heavy (non-hydrogen) atoms. The van der Waals surface area contributed by atoms with Crippen LogP contribution in [-0.4, -0.2) is 5.16 Å². The summed E-state index contributed by atoms with van der Waals surface area (Å²) >= 11 is 9.17. The van der Waals surface area contributed by atoms with E-state index in [4.69, 9.17) is 16.1 Å². The molecule has 0 atom stereocenters. The van der Waals surface area contributed by atoms with Crippen LogP contribution in [0.2, 0.25) is 5.02 Å². The average Bonchev–Trinajstić information content (AvgIpc) is 2.80.